The average molecular weight is 370 g/mol. The summed E-state index contributed by atoms with van der Waals surface area (Å²) in [5.74, 6) is -1.18. The van der Waals surface area contributed by atoms with Gasteiger partial charge in [0.05, 0.1) is 5.56 Å². The molecule has 2 aromatic carbocycles. The predicted molar refractivity (Wildman–Crippen MR) is 96.4 cm³/mol. The van der Waals surface area contributed by atoms with E-state index in [0.717, 1.165) is 31.2 Å². The molecule has 1 aliphatic carbocycles. The molecule has 0 fully saturated rings. The van der Waals surface area contributed by atoms with E-state index < -0.39 is 28.4 Å². The molecular weight excluding hydrogens is 352 g/mol. The summed E-state index contributed by atoms with van der Waals surface area (Å²) in [6.45, 7) is -0.528. The fourth-order valence-corrected chi connectivity index (χ4v) is 5.13. The Morgan fingerprint density at radius 2 is 1.81 bits per heavy atom. The summed E-state index contributed by atoms with van der Waals surface area (Å²) in [5.41, 5.74) is 3.13. The van der Waals surface area contributed by atoms with Gasteiger partial charge in [0, 0.05) is 5.69 Å². The summed E-state index contributed by atoms with van der Waals surface area (Å²) in [7, 11) is -3.98. The molecule has 0 bridgehead atoms. The first-order valence-corrected chi connectivity index (χ1v) is 9.99. The van der Waals surface area contributed by atoms with Gasteiger partial charge in [-0.3, -0.25) is 9.59 Å². The normalized spacial score (nSPS) is 17.5. The number of carbonyl (C=O) groups is 2. The lowest BCUT2D eigenvalue weighted by Gasteiger charge is -2.20. The Morgan fingerprint density at radius 1 is 1.04 bits per heavy atom. The number of aryl methyl sites for hydroxylation is 1. The Kier molecular flexibility index (Phi) is 4.03. The first-order chi connectivity index (χ1) is 12.5. The van der Waals surface area contributed by atoms with Gasteiger partial charge in [0.2, 0.25) is 5.91 Å². The van der Waals surface area contributed by atoms with Gasteiger partial charge < -0.3 is 5.32 Å². The monoisotopic (exact) mass is 370 g/mol. The van der Waals surface area contributed by atoms with E-state index in [0.29, 0.717) is 9.99 Å². The lowest BCUT2D eigenvalue weighted by molar-refractivity contribution is -0.116. The number of nitrogens with zero attached hydrogens (tertiary/aromatic N) is 1. The Bertz CT molecular complexity index is 1010. The summed E-state index contributed by atoms with van der Waals surface area (Å²) in [4.78, 5) is 24.8. The second-order valence-corrected chi connectivity index (χ2v) is 8.34. The minimum atomic E-state index is -3.98. The molecule has 0 aromatic heterocycles. The van der Waals surface area contributed by atoms with Crippen molar-refractivity contribution in [3.63, 3.8) is 0 Å². The van der Waals surface area contributed by atoms with Gasteiger partial charge in [-0.25, -0.2) is 12.7 Å². The maximum absolute atomic E-state index is 12.5. The lowest BCUT2D eigenvalue weighted by Crippen LogP contribution is -2.37. The van der Waals surface area contributed by atoms with E-state index >= 15 is 0 Å². The van der Waals surface area contributed by atoms with Crippen LogP contribution < -0.4 is 5.32 Å². The van der Waals surface area contributed by atoms with Crippen LogP contribution in [-0.4, -0.2) is 31.1 Å². The smallest absolute Gasteiger partial charge is 0.269 e. The molecule has 1 aliphatic heterocycles. The van der Waals surface area contributed by atoms with Crippen molar-refractivity contribution in [2.24, 2.45) is 0 Å². The van der Waals surface area contributed by atoms with Gasteiger partial charge in [-0.05, 0) is 55.0 Å². The summed E-state index contributed by atoms with van der Waals surface area (Å²) in [6.07, 6.45) is 4.06. The molecule has 2 aliphatic rings. The molecule has 26 heavy (non-hydrogen) atoms. The third-order valence-electron chi connectivity index (χ3n) is 4.87. The number of nitrogens with one attached hydrogen (secondary N) is 1. The van der Waals surface area contributed by atoms with Gasteiger partial charge in [-0.1, -0.05) is 24.3 Å². The van der Waals surface area contributed by atoms with E-state index in [2.05, 4.69) is 11.4 Å². The lowest BCUT2D eigenvalue weighted by atomic mass is 9.90. The third kappa shape index (κ3) is 2.68. The van der Waals surface area contributed by atoms with Gasteiger partial charge in [-0.15, -0.1) is 0 Å². The largest absolute Gasteiger partial charge is 0.324 e. The molecule has 0 saturated heterocycles. The maximum atomic E-state index is 12.5. The number of amides is 2. The minimum Gasteiger partial charge on any atom is -0.324 e. The van der Waals surface area contributed by atoms with Crippen molar-refractivity contribution < 1.29 is 18.0 Å². The molecule has 0 radical (unpaired) electrons. The van der Waals surface area contributed by atoms with Crippen LogP contribution in [0.2, 0.25) is 0 Å². The van der Waals surface area contributed by atoms with E-state index in [9.17, 15) is 18.0 Å². The van der Waals surface area contributed by atoms with Crippen LogP contribution in [0.4, 0.5) is 5.69 Å². The number of hydrogen-bond donors (Lipinski definition) is 1. The van der Waals surface area contributed by atoms with Crippen LogP contribution in [-0.2, 0) is 27.7 Å². The fourth-order valence-electron chi connectivity index (χ4n) is 3.61. The van der Waals surface area contributed by atoms with Crippen LogP contribution in [0.3, 0.4) is 0 Å². The second-order valence-electron chi connectivity index (χ2n) is 6.51. The van der Waals surface area contributed by atoms with E-state index in [1.165, 1.54) is 17.7 Å². The van der Waals surface area contributed by atoms with Crippen molar-refractivity contribution in [1.82, 2.24) is 4.31 Å². The Morgan fingerprint density at radius 3 is 2.62 bits per heavy atom. The molecule has 2 amide bonds. The molecule has 0 saturated carbocycles. The SMILES string of the molecule is O=C(CN1C(=O)c2ccccc2S1(=O)=O)Nc1cccc2c1CCCC2. The van der Waals surface area contributed by atoms with E-state index in [-0.39, 0.29) is 10.5 Å². The van der Waals surface area contributed by atoms with E-state index in [1.807, 2.05) is 12.1 Å². The minimum absolute atomic E-state index is 0.0464. The standard InChI is InChI=1S/C19H18N2O4S/c22-18(20-16-10-5-7-13-6-1-2-8-14(13)16)12-21-19(23)15-9-3-4-11-17(15)26(21,24)25/h3-5,7,9-11H,1-2,6,8,12H2,(H,20,22). The fraction of sp³-hybridized carbons (Fsp3) is 0.263. The van der Waals surface area contributed by atoms with Crippen LogP contribution >= 0.6 is 0 Å². The van der Waals surface area contributed by atoms with Crippen LogP contribution in [0.1, 0.15) is 34.3 Å². The quantitative estimate of drug-likeness (QED) is 0.899. The number of fused-ring (bicyclic) bond motifs is 2. The van der Waals surface area contributed by atoms with Gasteiger partial charge in [0.1, 0.15) is 11.4 Å². The molecule has 6 nitrogen and oxygen atoms in total. The molecule has 1 N–H and O–H groups in total. The predicted octanol–water partition coefficient (Wildman–Crippen LogP) is 2.35. The Labute approximate surface area is 151 Å². The zero-order valence-corrected chi connectivity index (χ0v) is 14.9. The van der Waals surface area contributed by atoms with Crippen LogP contribution in [0.5, 0.6) is 0 Å². The van der Waals surface area contributed by atoms with Crippen molar-refractivity contribution in [2.45, 2.75) is 30.6 Å². The molecule has 0 spiro atoms. The number of rotatable bonds is 3. The molecule has 0 unspecified atom stereocenters. The van der Waals surface area contributed by atoms with Gasteiger partial charge in [-0.2, -0.15) is 0 Å². The zero-order chi connectivity index (χ0) is 18.3. The number of hydrogen-bond acceptors (Lipinski definition) is 4. The Balaban J connectivity index is 1.56. The molecule has 7 heteroatoms. The van der Waals surface area contributed by atoms with E-state index in [1.54, 1.807) is 12.1 Å². The molecule has 0 atom stereocenters. The van der Waals surface area contributed by atoms with Crippen molar-refractivity contribution in [3.8, 4) is 0 Å². The first-order valence-electron chi connectivity index (χ1n) is 8.55. The van der Waals surface area contributed by atoms with E-state index in [4.69, 9.17) is 0 Å². The molecule has 134 valence electrons. The molecule has 4 rings (SSSR count). The van der Waals surface area contributed by atoms with Crippen molar-refractivity contribution in [1.29, 1.82) is 0 Å². The van der Waals surface area contributed by atoms with Crippen LogP contribution in [0.15, 0.2) is 47.4 Å². The summed E-state index contributed by atoms with van der Waals surface area (Å²) < 4.78 is 25.7. The van der Waals surface area contributed by atoms with Gasteiger partial charge in [0.25, 0.3) is 15.9 Å². The highest BCUT2D eigenvalue weighted by atomic mass is 32.2. The summed E-state index contributed by atoms with van der Waals surface area (Å²) in [6, 6.07) is 11.8. The van der Waals surface area contributed by atoms with Crippen LogP contribution in [0, 0.1) is 0 Å². The third-order valence-corrected chi connectivity index (χ3v) is 6.66. The number of benzene rings is 2. The average Bonchev–Trinajstić information content (AvgIpc) is 2.83. The Hall–Kier alpha value is -2.67. The highest BCUT2D eigenvalue weighted by Gasteiger charge is 2.41. The molecule has 2 aromatic rings. The summed E-state index contributed by atoms with van der Waals surface area (Å²) in [5, 5.41) is 2.78. The maximum Gasteiger partial charge on any atom is 0.269 e. The molecule has 1 heterocycles. The van der Waals surface area contributed by atoms with Gasteiger partial charge >= 0.3 is 0 Å². The summed E-state index contributed by atoms with van der Waals surface area (Å²) >= 11 is 0. The number of anilines is 1. The van der Waals surface area contributed by atoms with Crippen molar-refractivity contribution in [3.05, 3.63) is 59.2 Å². The second kappa shape index (κ2) is 6.25. The van der Waals surface area contributed by atoms with Crippen molar-refractivity contribution in [2.75, 3.05) is 11.9 Å². The zero-order valence-electron chi connectivity index (χ0n) is 14.1. The number of sulfonamides is 1. The highest BCUT2D eigenvalue weighted by molar-refractivity contribution is 7.90. The first kappa shape index (κ1) is 16.8. The topological polar surface area (TPSA) is 83.6 Å². The van der Waals surface area contributed by atoms with Crippen LogP contribution in [0.25, 0.3) is 0 Å². The highest BCUT2D eigenvalue weighted by Crippen LogP contribution is 2.30. The van der Waals surface area contributed by atoms with Crippen molar-refractivity contribution >= 4 is 27.5 Å². The van der Waals surface area contributed by atoms with Gasteiger partial charge in [0.15, 0.2) is 0 Å². The number of carbonyl (C=O) groups excluding carboxylic acids is 2. The molecular formula is C19H18N2O4S.